The van der Waals surface area contributed by atoms with Gasteiger partial charge in [0.1, 0.15) is 5.75 Å². The Labute approximate surface area is 179 Å². The van der Waals surface area contributed by atoms with Crippen molar-refractivity contribution in [3.8, 4) is 5.75 Å². The lowest BCUT2D eigenvalue weighted by Crippen LogP contribution is -2.48. The van der Waals surface area contributed by atoms with Gasteiger partial charge in [-0.1, -0.05) is 18.2 Å². The maximum atomic E-state index is 10.5. The van der Waals surface area contributed by atoms with Crippen LogP contribution in [0.3, 0.4) is 0 Å². The number of aromatic nitrogens is 1. The highest BCUT2D eigenvalue weighted by Gasteiger charge is 2.20. The van der Waals surface area contributed by atoms with E-state index < -0.39 is 6.10 Å². The van der Waals surface area contributed by atoms with Crippen molar-refractivity contribution in [2.45, 2.75) is 38.5 Å². The molecule has 1 aromatic carbocycles. The van der Waals surface area contributed by atoms with Gasteiger partial charge >= 0.3 is 0 Å². The van der Waals surface area contributed by atoms with E-state index in [1.165, 1.54) is 0 Å². The van der Waals surface area contributed by atoms with Gasteiger partial charge in [0.2, 0.25) is 0 Å². The molecule has 1 aliphatic heterocycles. The number of benzene rings is 1. The highest BCUT2D eigenvalue weighted by molar-refractivity contribution is 5.80. The number of likely N-dealkylation sites (tertiary alicyclic amines) is 1. The molecule has 7 heteroatoms. The minimum atomic E-state index is -0.671. The maximum absolute atomic E-state index is 10.5. The number of aliphatic hydroxyl groups is 1. The molecule has 30 heavy (non-hydrogen) atoms. The molecule has 7 nitrogen and oxygen atoms in total. The number of nitrogens with one attached hydrogen (secondary N) is 2. The van der Waals surface area contributed by atoms with Gasteiger partial charge < -0.3 is 20.5 Å². The summed E-state index contributed by atoms with van der Waals surface area (Å²) in [5.41, 5.74) is 1.92. The second-order valence-electron chi connectivity index (χ2n) is 7.53. The molecule has 0 amide bonds. The Morgan fingerprint density at radius 2 is 2.10 bits per heavy atom. The molecule has 1 atom stereocenters. The van der Waals surface area contributed by atoms with Gasteiger partial charge in [0.15, 0.2) is 5.96 Å². The quantitative estimate of drug-likeness (QED) is 0.457. The predicted molar refractivity (Wildman–Crippen MR) is 120 cm³/mol. The van der Waals surface area contributed by atoms with E-state index in [1.807, 2.05) is 49.5 Å². The Morgan fingerprint density at radius 1 is 1.27 bits per heavy atom. The second kappa shape index (κ2) is 11.5. The summed E-state index contributed by atoms with van der Waals surface area (Å²) in [4.78, 5) is 11.5. The molecule has 1 aromatic heterocycles. The number of methoxy groups -OCH3 is 1. The zero-order valence-corrected chi connectivity index (χ0v) is 17.9. The zero-order valence-electron chi connectivity index (χ0n) is 17.9. The molecule has 0 radical (unpaired) electrons. The molecular weight excluding hydrogens is 378 g/mol. The van der Waals surface area contributed by atoms with Gasteiger partial charge in [0.25, 0.3) is 0 Å². The van der Waals surface area contributed by atoms with Crippen LogP contribution in [-0.2, 0) is 6.54 Å². The van der Waals surface area contributed by atoms with Crippen LogP contribution in [0.15, 0.2) is 53.7 Å². The lowest BCUT2D eigenvalue weighted by molar-refractivity contribution is 0.185. The van der Waals surface area contributed by atoms with Crippen molar-refractivity contribution in [2.24, 2.45) is 4.99 Å². The molecule has 3 N–H and O–H groups in total. The smallest absolute Gasteiger partial charge is 0.191 e. The Morgan fingerprint density at radius 3 is 2.80 bits per heavy atom. The topological polar surface area (TPSA) is 82.0 Å². The number of nitrogens with zero attached hydrogens (tertiary/aromatic N) is 3. The molecule has 0 spiro atoms. The molecule has 0 aliphatic carbocycles. The Balaban J connectivity index is 1.50. The molecule has 2 aromatic rings. The van der Waals surface area contributed by atoms with Crippen LogP contribution in [0, 0.1) is 0 Å². The lowest BCUT2D eigenvalue weighted by atomic mass is 10.0. The molecule has 1 unspecified atom stereocenters. The third-order valence-electron chi connectivity index (χ3n) is 5.29. The zero-order chi connectivity index (χ0) is 21.2. The van der Waals surface area contributed by atoms with Crippen molar-refractivity contribution >= 4 is 5.96 Å². The van der Waals surface area contributed by atoms with E-state index in [9.17, 15) is 5.11 Å². The van der Waals surface area contributed by atoms with Crippen LogP contribution in [0.5, 0.6) is 5.75 Å². The van der Waals surface area contributed by atoms with E-state index in [1.54, 1.807) is 7.11 Å². The van der Waals surface area contributed by atoms with E-state index in [2.05, 4.69) is 31.6 Å². The van der Waals surface area contributed by atoms with Gasteiger partial charge in [0.05, 0.1) is 25.5 Å². The number of hydrogen-bond acceptors (Lipinski definition) is 5. The number of guanidine groups is 1. The number of hydrogen-bond donors (Lipinski definition) is 3. The van der Waals surface area contributed by atoms with Crippen molar-refractivity contribution in [2.75, 3.05) is 33.3 Å². The highest BCUT2D eigenvalue weighted by Crippen LogP contribution is 2.19. The Hall–Kier alpha value is -2.64. The van der Waals surface area contributed by atoms with Crippen molar-refractivity contribution in [1.82, 2.24) is 20.5 Å². The summed E-state index contributed by atoms with van der Waals surface area (Å²) in [7, 11) is 1.62. The van der Waals surface area contributed by atoms with Crippen molar-refractivity contribution < 1.29 is 9.84 Å². The number of piperidine rings is 1. The van der Waals surface area contributed by atoms with E-state index in [0.717, 1.165) is 62.0 Å². The first-order valence-corrected chi connectivity index (χ1v) is 10.7. The van der Waals surface area contributed by atoms with Crippen LogP contribution in [0.4, 0.5) is 0 Å². The molecular formula is C23H33N5O2. The third-order valence-corrected chi connectivity index (χ3v) is 5.29. The van der Waals surface area contributed by atoms with Crippen LogP contribution < -0.4 is 15.4 Å². The molecule has 3 rings (SSSR count). The summed E-state index contributed by atoms with van der Waals surface area (Å²) in [6.07, 6.45) is 3.28. The Kier molecular flexibility index (Phi) is 8.47. The fraction of sp³-hybridized carbons (Fsp3) is 0.478. The van der Waals surface area contributed by atoms with Gasteiger partial charge in [-0.25, -0.2) is 0 Å². The van der Waals surface area contributed by atoms with Crippen LogP contribution in [0.25, 0.3) is 0 Å². The SMILES string of the molecule is CCNC(=NCC(O)c1cccc(OC)c1)NC1CCN(Cc2ccccn2)CC1. The fourth-order valence-electron chi connectivity index (χ4n) is 3.60. The maximum Gasteiger partial charge on any atom is 0.191 e. The number of aliphatic imine (C=N–C) groups is 1. The van der Waals surface area contributed by atoms with Crippen LogP contribution in [-0.4, -0.2) is 60.3 Å². The van der Waals surface area contributed by atoms with E-state index >= 15 is 0 Å². The average molecular weight is 412 g/mol. The first-order chi connectivity index (χ1) is 14.7. The number of pyridine rings is 1. The van der Waals surface area contributed by atoms with E-state index in [-0.39, 0.29) is 0 Å². The number of ether oxygens (including phenoxy) is 1. The normalized spacial score (nSPS) is 16.8. The van der Waals surface area contributed by atoms with Gasteiger partial charge in [-0.3, -0.25) is 14.9 Å². The summed E-state index contributed by atoms with van der Waals surface area (Å²) in [5, 5.41) is 17.3. The van der Waals surface area contributed by atoms with Crippen molar-refractivity contribution in [1.29, 1.82) is 0 Å². The number of aliphatic hydroxyl groups excluding tert-OH is 1. The minimum Gasteiger partial charge on any atom is -0.497 e. The number of rotatable bonds is 8. The third kappa shape index (κ3) is 6.71. The van der Waals surface area contributed by atoms with Crippen LogP contribution in [0.1, 0.15) is 37.1 Å². The molecule has 162 valence electrons. The standard InChI is InChI=1S/C23H33N5O2/c1-3-24-23(26-16-22(29)18-7-6-9-21(15-18)30-2)27-19-10-13-28(14-11-19)17-20-8-4-5-12-25-20/h4-9,12,15,19,22,29H,3,10-11,13-14,16-17H2,1-2H3,(H2,24,26,27). The Bertz CT molecular complexity index is 791. The molecule has 1 fully saturated rings. The molecule has 1 saturated heterocycles. The van der Waals surface area contributed by atoms with E-state index in [4.69, 9.17) is 4.74 Å². The minimum absolute atomic E-state index is 0.293. The summed E-state index contributed by atoms with van der Waals surface area (Å²) < 4.78 is 5.24. The van der Waals surface area contributed by atoms with Gasteiger partial charge in [0, 0.05) is 38.4 Å². The second-order valence-corrected chi connectivity index (χ2v) is 7.53. The molecule has 2 heterocycles. The van der Waals surface area contributed by atoms with Gasteiger partial charge in [-0.05, 0) is 49.6 Å². The van der Waals surface area contributed by atoms with Crippen LogP contribution >= 0.6 is 0 Å². The van der Waals surface area contributed by atoms with Crippen molar-refractivity contribution in [3.63, 3.8) is 0 Å². The lowest BCUT2D eigenvalue weighted by Gasteiger charge is -2.32. The largest absolute Gasteiger partial charge is 0.497 e. The van der Waals surface area contributed by atoms with E-state index in [0.29, 0.717) is 12.6 Å². The van der Waals surface area contributed by atoms with Gasteiger partial charge in [-0.15, -0.1) is 0 Å². The average Bonchev–Trinajstić information content (AvgIpc) is 2.79. The van der Waals surface area contributed by atoms with Crippen molar-refractivity contribution in [3.05, 3.63) is 59.9 Å². The summed E-state index contributed by atoms with van der Waals surface area (Å²) in [6.45, 7) is 6.07. The predicted octanol–water partition coefficient (Wildman–Crippen LogP) is 2.34. The highest BCUT2D eigenvalue weighted by atomic mass is 16.5. The molecule has 0 saturated carbocycles. The molecule has 0 bridgehead atoms. The fourth-order valence-corrected chi connectivity index (χ4v) is 3.60. The summed E-state index contributed by atoms with van der Waals surface area (Å²) >= 11 is 0. The summed E-state index contributed by atoms with van der Waals surface area (Å²) in [6, 6.07) is 13.9. The first kappa shape index (κ1) is 22.1. The van der Waals surface area contributed by atoms with Gasteiger partial charge in [-0.2, -0.15) is 0 Å². The first-order valence-electron chi connectivity index (χ1n) is 10.7. The molecule has 1 aliphatic rings. The monoisotopic (exact) mass is 411 g/mol. The summed E-state index contributed by atoms with van der Waals surface area (Å²) in [5.74, 6) is 1.49. The van der Waals surface area contributed by atoms with Crippen LogP contribution in [0.2, 0.25) is 0 Å².